The number of nitrogens with one attached hydrogen (secondary N) is 1. The maximum atomic E-state index is 11.7. The van der Waals surface area contributed by atoms with Crippen LogP contribution in [0.2, 0.25) is 5.02 Å². The fraction of sp³-hybridized carbons (Fsp3) is 0.429. The standard InChI is InChI=1S/C14H18ClNO4/c1-14(2,3)20-8-12(17)16-9-5-6-11(15)10(7-9)13(18)19-4/h5-7H,8H2,1-4H3,(H,16,17). The van der Waals surface area contributed by atoms with Crippen LogP contribution in [-0.4, -0.2) is 31.2 Å². The Morgan fingerprint density at radius 1 is 1.30 bits per heavy atom. The second kappa shape index (κ2) is 6.72. The third-order valence-electron chi connectivity index (χ3n) is 2.29. The van der Waals surface area contributed by atoms with E-state index in [9.17, 15) is 9.59 Å². The molecular formula is C14H18ClNO4. The predicted molar refractivity (Wildman–Crippen MR) is 77.1 cm³/mol. The lowest BCUT2D eigenvalue weighted by atomic mass is 10.2. The fourth-order valence-corrected chi connectivity index (χ4v) is 1.54. The third-order valence-corrected chi connectivity index (χ3v) is 2.62. The lowest BCUT2D eigenvalue weighted by Crippen LogP contribution is -2.27. The van der Waals surface area contributed by atoms with E-state index in [2.05, 4.69) is 10.1 Å². The van der Waals surface area contributed by atoms with Crippen molar-refractivity contribution < 1.29 is 19.1 Å². The number of anilines is 1. The van der Waals surface area contributed by atoms with E-state index >= 15 is 0 Å². The SMILES string of the molecule is COC(=O)c1cc(NC(=O)COC(C)(C)C)ccc1Cl. The first-order valence-corrected chi connectivity index (χ1v) is 6.42. The van der Waals surface area contributed by atoms with Crippen molar-refractivity contribution in [2.75, 3.05) is 19.0 Å². The van der Waals surface area contributed by atoms with Crippen LogP contribution >= 0.6 is 11.6 Å². The Morgan fingerprint density at radius 3 is 2.50 bits per heavy atom. The molecule has 1 aromatic rings. The summed E-state index contributed by atoms with van der Waals surface area (Å²) in [6.07, 6.45) is 0. The minimum Gasteiger partial charge on any atom is -0.465 e. The molecule has 1 N–H and O–H groups in total. The Kier molecular flexibility index (Phi) is 5.53. The normalized spacial score (nSPS) is 11.1. The first-order valence-electron chi connectivity index (χ1n) is 6.04. The molecule has 0 aliphatic carbocycles. The molecule has 0 bridgehead atoms. The summed E-state index contributed by atoms with van der Waals surface area (Å²) >= 11 is 5.89. The average Bonchev–Trinajstić information content (AvgIpc) is 2.37. The molecule has 1 rings (SSSR count). The first kappa shape index (κ1) is 16.5. The van der Waals surface area contributed by atoms with E-state index < -0.39 is 11.6 Å². The number of ether oxygens (including phenoxy) is 2. The molecule has 0 saturated heterocycles. The highest BCUT2D eigenvalue weighted by Gasteiger charge is 2.15. The van der Waals surface area contributed by atoms with Gasteiger partial charge in [-0.2, -0.15) is 0 Å². The van der Waals surface area contributed by atoms with Crippen molar-refractivity contribution in [1.82, 2.24) is 0 Å². The number of hydrogen-bond donors (Lipinski definition) is 1. The highest BCUT2D eigenvalue weighted by Crippen LogP contribution is 2.21. The molecular weight excluding hydrogens is 282 g/mol. The zero-order valence-electron chi connectivity index (χ0n) is 12.0. The van der Waals surface area contributed by atoms with Gasteiger partial charge in [0.1, 0.15) is 6.61 Å². The Labute approximate surface area is 123 Å². The molecule has 1 amide bonds. The van der Waals surface area contributed by atoms with E-state index in [1.807, 2.05) is 20.8 Å². The zero-order chi connectivity index (χ0) is 15.3. The molecule has 1 aromatic carbocycles. The number of amides is 1. The Bertz CT molecular complexity index is 508. The smallest absolute Gasteiger partial charge is 0.339 e. The summed E-state index contributed by atoms with van der Waals surface area (Å²) in [5, 5.41) is 2.90. The van der Waals surface area contributed by atoms with Crippen LogP contribution in [0.4, 0.5) is 5.69 Å². The second-order valence-electron chi connectivity index (χ2n) is 5.14. The van der Waals surface area contributed by atoms with E-state index in [0.29, 0.717) is 5.69 Å². The van der Waals surface area contributed by atoms with Crippen molar-refractivity contribution in [3.63, 3.8) is 0 Å². The van der Waals surface area contributed by atoms with Gasteiger partial charge in [0.15, 0.2) is 0 Å². The summed E-state index contributed by atoms with van der Waals surface area (Å²) in [6.45, 7) is 5.51. The zero-order valence-corrected chi connectivity index (χ0v) is 12.7. The van der Waals surface area contributed by atoms with Crippen molar-refractivity contribution in [2.24, 2.45) is 0 Å². The quantitative estimate of drug-likeness (QED) is 0.868. The molecule has 0 aliphatic rings. The molecule has 0 heterocycles. The Balaban J connectivity index is 2.73. The van der Waals surface area contributed by atoms with Crippen LogP contribution in [0.1, 0.15) is 31.1 Å². The molecule has 110 valence electrons. The molecule has 0 atom stereocenters. The number of benzene rings is 1. The number of carbonyl (C=O) groups is 2. The van der Waals surface area contributed by atoms with Crippen LogP contribution < -0.4 is 5.32 Å². The molecule has 0 fully saturated rings. The minimum absolute atomic E-state index is 0.0698. The van der Waals surface area contributed by atoms with Crippen molar-refractivity contribution in [3.05, 3.63) is 28.8 Å². The van der Waals surface area contributed by atoms with Crippen molar-refractivity contribution in [2.45, 2.75) is 26.4 Å². The van der Waals surface area contributed by atoms with E-state index in [-0.39, 0.29) is 23.1 Å². The fourth-order valence-electron chi connectivity index (χ4n) is 1.35. The second-order valence-corrected chi connectivity index (χ2v) is 5.54. The Hall–Kier alpha value is -1.59. The average molecular weight is 300 g/mol. The van der Waals surface area contributed by atoms with Gasteiger partial charge in [-0.15, -0.1) is 0 Å². The molecule has 6 heteroatoms. The van der Waals surface area contributed by atoms with Crippen molar-refractivity contribution in [3.8, 4) is 0 Å². The van der Waals surface area contributed by atoms with Crippen LogP contribution in [0.3, 0.4) is 0 Å². The number of carbonyl (C=O) groups excluding carboxylic acids is 2. The van der Waals surface area contributed by atoms with Gasteiger partial charge in [0.2, 0.25) is 5.91 Å². The summed E-state index contributed by atoms with van der Waals surface area (Å²) in [7, 11) is 1.26. The monoisotopic (exact) mass is 299 g/mol. The molecule has 0 saturated carbocycles. The lowest BCUT2D eigenvalue weighted by Gasteiger charge is -2.19. The summed E-state index contributed by atoms with van der Waals surface area (Å²) in [5.74, 6) is -0.866. The van der Waals surface area contributed by atoms with Crippen LogP contribution in [0, 0.1) is 0 Å². The molecule has 0 aromatic heterocycles. The summed E-state index contributed by atoms with van der Waals surface area (Å²) < 4.78 is 9.96. The van der Waals surface area contributed by atoms with Gasteiger partial charge in [0.25, 0.3) is 0 Å². The van der Waals surface area contributed by atoms with Gasteiger partial charge in [-0.25, -0.2) is 4.79 Å². The van der Waals surface area contributed by atoms with E-state index in [0.717, 1.165) is 0 Å². The van der Waals surface area contributed by atoms with Crippen molar-refractivity contribution in [1.29, 1.82) is 0 Å². The van der Waals surface area contributed by atoms with Gasteiger partial charge in [0.05, 0.1) is 23.3 Å². The molecule has 0 spiro atoms. The van der Waals surface area contributed by atoms with Crippen LogP contribution in [0.25, 0.3) is 0 Å². The molecule has 20 heavy (non-hydrogen) atoms. The molecule has 5 nitrogen and oxygen atoms in total. The highest BCUT2D eigenvalue weighted by atomic mass is 35.5. The topological polar surface area (TPSA) is 64.6 Å². The van der Waals surface area contributed by atoms with Gasteiger partial charge in [-0.3, -0.25) is 4.79 Å². The maximum absolute atomic E-state index is 11.7. The number of halogens is 1. The Morgan fingerprint density at radius 2 is 1.95 bits per heavy atom. The number of esters is 1. The van der Waals surface area contributed by atoms with Crippen molar-refractivity contribution >= 4 is 29.2 Å². The van der Waals surface area contributed by atoms with E-state index in [4.69, 9.17) is 16.3 Å². The largest absolute Gasteiger partial charge is 0.465 e. The highest BCUT2D eigenvalue weighted by molar-refractivity contribution is 6.33. The van der Waals surface area contributed by atoms with Crippen LogP contribution in [0.15, 0.2) is 18.2 Å². The van der Waals surface area contributed by atoms with Gasteiger partial charge < -0.3 is 14.8 Å². The number of rotatable bonds is 4. The third kappa shape index (κ3) is 5.19. The van der Waals surface area contributed by atoms with Gasteiger partial charge in [-0.05, 0) is 39.0 Å². The summed E-state index contributed by atoms with van der Waals surface area (Å²) in [4.78, 5) is 23.2. The van der Waals surface area contributed by atoms with Gasteiger partial charge in [-0.1, -0.05) is 11.6 Å². The van der Waals surface area contributed by atoms with Gasteiger partial charge in [0, 0.05) is 5.69 Å². The summed E-state index contributed by atoms with van der Waals surface area (Å²) in [5.41, 5.74) is 0.259. The molecule has 0 aliphatic heterocycles. The molecule has 0 radical (unpaired) electrons. The molecule has 0 unspecified atom stereocenters. The maximum Gasteiger partial charge on any atom is 0.339 e. The van der Waals surface area contributed by atoms with Gasteiger partial charge >= 0.3 is 5.97 Å². The summed E-state index contributed by atoms with van der Waals surface area (Å²) in [6, 6.07) is 4.58. The van der Waals surface area contributed by atoms with Crippen LogP contribution in [0.5, 0.6) is 0 Å². The van der Waals surface area contributed by atoms with Crippen LogP contribution in [-0.2, 0) is 14.3 Å². The minimum atomic E-state index is -0.558. The van der Waals surface area contributed by atoms with E-state index in [1.54, 1.807) is 6.07 Å². The first-order chi connectivity index (χ1) is 9.23. The number of methoxy groups -OCH3 is 1. The number of hydrogen-bond acceptors (Lipinski definition) is 4. The lowest BCUT2D eigenvalue weighted by molar-refractivity contribution is -0.125. The predicted octanol–water partition coefficient (Wildman–Crippen LogP) is 2.88. The van der Waals surface area contributed by atoms with E-state index in [1.165, 1.54) is 19.2 Å².